The van der Waals surface area contributed by atoms with E-state index < -0.39 is 10.0 Å². The van der Waals surface area contributed by atoms with Crippen LogP contribution in [0.4, 0.5) is 5.69 Å². The van der Waals surface area contributed by atoms with Crippen molar-refractivity contribution in [3.05, 3.63) is 57.7 Å². The Morgan fingerprint density at radius 3 is 2.70 bits per heavy atom. The molecule has 3 rings (SSSR count). The highest BCUT2D eigenvalue weighted by atomic mass is 32.2. The summed E-state index contributed by atoms with van der Waals surface area (Å²) >= 11 is 1.04. The molecule has 23 heavy (non-hydrogen) atoms. The second kappa shape index (κ2) is 5.82. The number of hydrogen-bond acceptors (Lipinski definition) is 4. The van der Waals surface area contributed by atoms with Crippen molar-refractivity contribution in [2.24, 2.45) is 7.05 Å². The van der Waals surface area contributed by atoms with Crippen LogP contribution in [0.1, 0.15) is 12.5 Å². The lowest BCUT2D eigenvalue weighted by Crippen LogP contribution is -2.13. The number of nitrogens with one attached hydrogen (secondary N) is 1. The number of nitrogens with zero attached hydrogens (tertiary/aromatic N) is 1. The molecule has 0 fully saturated rings. The zero-order valence-electron chi connectivity index (χ0n) is 12.7. The summed E-state index contributed by atoms with van der Waals surface area (Å²) in [5.41, 5.74) is 2.32. The van der Waals surface area contributed by atoms with E-state index in [1.807, 2.05) is 25.1 Å². The van der Waals surface area contributed by atoms with Crippen molar-refractivity contribution in [3.63, 3.8) is 0 Å². The van der Waals surface area contributed by atoms with E-state index in [9.17, 15) is 13.2 Å². The molecule has 0 spiro atoms. The van der Waals surface area contributed by atoms with Crippen molar-refractivity contribution in [1.82, 2.24) is 4.57 Å². The first-order valence-corrected chi connectivity index (χ1v) is 9.42. The Morgan fingerprint density at radius 2 is 1.96 bits per heavy atom. The minimum absolute atomic E-state index is 0.113. The van der Waals surface area contributed by atoms with E-state index in [2.05, 4.69) is 4.72 Å². The smallest absolute Gasteiger partial charge is 0.302 e. The molecule has 0 amide bonds. The lowest BCUT2D eigenvalue weighted by Gasteiger charge is -2.09. The van der Waals surface area contributed by atoms with Crippen molar-refractivity contribution < 1.29 is 8.42 Å². The van der Waals surface area contributed by atoms with Gasteiger partial charge in [0.05, 0.1) is 15.1 Å². The van der Waals surface area contributed by atoms with Gasteiger partial charge in [-0.2, -0.15) is 0 Å². The van der Waals surface area contributed by atoms with Gasteiger partial charge in [-0.25, -0.2) is 8.42 Å². The third kappa shape index (κ3) is 3.02. The Balaban J connectivity index is 2.00. The van der Waals surface area contributed by atoms with Crippen LogP contribution in [-0.2, 0) is 23.5 Å². The van der Waals surface area contributed by atoms with E-state index >= 15 is 0 Å². The number of thiazole rings is 1. The second-order valence-corrected chi connectivity index (χ2v) is 7.89. The summed E-state index contributed by atoms with van der Waals surface area (Å²) in [7, 11) is -2.02. The van der Waals surface area contributed by atoms with Crippen molar-refractivity contribution in [3.8, 4) is 0 Å². The van der Waals surface area contributed by atoms with Crippen molar-refractivity contribution in [2.75, 3.05) is 4.72 Å². The van der Waals surface area contributed by atoms with Gasteiger partial charge in [-0.1, -0.05) is 30.4 Å². The fourth-order valence-electron chi connectivity index (χ4n) is 2.35. The van der Waals surface area contributed by atoms with E-state index in [0.717, 1.165) is 28.8 Å². The normalized spacial score (nSPS) is 11.7. The Morgan fingerprint density at radius 1 is 1.17 bits per heavy atom. The van der Waals surface area contributed by atoms with Crippen molar-refractivity contribution in [1.29, 1.82) is 0 Å². The maximum Gasteiger partial charge on any atom is 0.307 e. The Labute approximate surface area is 138 Å². The largest absolute Gasteiger partial charge is 0.307 e. The molecule has 1 N–H and O–H groups in total. The number of sulfonamides is 1. The first kappa shape index (κ1) is 15.8. The molecule has 2 aromatic carbocycles. The van der Waals surface area contributed by atoms with Crippen LogP contribution in [0.3, 0.4) is 0 Å². The van der Waals surface area contributed by atoms with Gasteiger partial charge in [0.2, 0.25) is 0 Å². The van der Waals surface area contributed by atoms with E-state index in [0.29, 0.717) is 10.4 Å². The van der Waals surface area contributed by atoms with Crippen LogP contribution in [0, 0.1) is 0 Å². The summed E-state index contributed by atoms with van der Waals surface area (Å²) in [5, 5.41) is 0. The molecule has 3 aromatic rings. The number of hydrogen-bond donors (Lipinski definition) is 1. The first-order valence-electron chi connectivity index (χ1n) is 7.12. The number of aryl methyl sites for hydroxylation is 2. The Kier molecular flexibility index (Phi) is 3.99. The Hall–Kier alpha value is -2.12. The topological polar surface area (TPSA) is 68.2 Å². The first-order chi connectivity index (χ1) is 10.9. The Bertz CT molecular complexity index is 1030. The fraction of sp³-hybridized carbons (Fsp3) is 0.188. The molecule has 0 aliphatic rings. The van der Waals surface area contributed by atoms with Crippen LogP contribution < -0.4 is 9.60 Å². The van der Waals surface area contributed by atoms with Gasteiger partial charge >= 0.3 is 4.87 Å². The highest BCUT2D eigenvalue weighted by Gasteiger charge is 2.16. The van der Waals surface area contributed by atoms with Crippen LogP contribution >= 0.6 is 11.3 Å². The lowest BCUT2D eigenvalue weighted by atomic mass is 10.1. The fourth-order valence-corrected chi connectivity index (χ4v) is 4.42. The molecule has 0 saturated heterocycles. The van der Waals surface area contributed by atoms with E-state index in [4.69, 9.17) is 0 Å². The molecule has 0 radical (unpaired) electrons. The van der Waals surface area contributed by atoms with Gasteiger partial charge < -0.3 is 4.57 Å². The van der Waals surface area contributed by atoms with Crippen LogP contribution in [-0.4, -0.2) is 13.0 Å². The van der Waals surface area contributed by atoms with Gasteiger partial charge in [-0.3, -0.25) is 9.52 Å². The molecule has 120 valence electrons. The second-order valence-electron chi connectivity index (χ2n) is 5.22. The van der Waals surface area contributed by atoms with Gasteiger partial charge in [0, 0.05) is 12.7 Å². The van der Waals surface area contributed by atoms with Gasteiger partial charge in [-0.15, -0.1) is 0 Å². The number of rotatable bonds is 4. The van der Waals surface area contributed by atoms with Crippen LogP contribution in [0.5, 0.6) is 0 Å². The molecule has 7 heteroatoms. The molecular formula is C16H16N2O3S2. The monoisotopic (exact) mass is 348 g/mol. The van der Waals surface area contributed by atoms with Gasteiger partial charge in [0.1, 0.15) is 0 Å². The molecular weight excluding hydrogens is 332 g/mol. The lowest BCUT2D eigenvalue weighted by molar-refractivity contribution is 0.601. The minimum Gasteiger partial charge on any atom is -0.302 e. The summed E-state index contributed by atoms with van der Waals surface area (Å²) in [4.78, 5) is 11.7. The summed E-state index contributed by atoms with van der Waals surface area (Å²) in [5.74, 6) is 0. The van der Waals surface area contributed by atoms with Crippen molar-refractivity contribution in [2.45, 2.75) is 18.2 Å². The molecule has 1 aromatic heterocycles. The molecule has 0 bridgehead atoms. The molecule has 5 nitrogen and oxygen atoms in total. The minimum atomic E-state index is -3.69. The van der Waals surface area contributed by atoms with Crippen molar-refractivity contribution >= 4 is 37.3 Å². The molecule has 0 aliphatic heterocycles. The zero-order chi connectivity index (χ0) is 16.6. The van der Waals surface area contributed by atoms with E-state index in [1.165, 1.54) is 16.7 Å². The average molecular weight is 348 g/mol. The van der Waals surface area contributed by atoms with Gasteiger partial charge in [0.25, 0.3) is 10.0 Å². The summed E-state index contributed by atoms with van der Waals surface area (Å²) in [6.07, 6.45) is 0.833. The van der Waals surface area contributed by atoms with Gasteiger partial charge in [0.15, 0.2) is 0 Å². The highest BCUT2D eigenvalue weighted by Crippen LogP contribution is 2.23. The molecule has 0 atom stereocenters. The third-order valence-electron chi connectivity index (χ3n) is 3.66. The van der Waals surface area contributed by atoms with E-state index in [-0.39, 0.29) is 9.77 Å². The van der Waals surface area contributed by atoms with Crippen LogP contribution in [0.2, 0.25) is 0 Å². The molecule has 1 heterocycles. The number of fused-ring (bicyclic) bond motifs is 1. The number of anilines is 1. The summed E-state index contributed by atoms with van der Waals surface area (Å²) in [6, 6.07) is 12.0. The summed E-state index contributed by atoms with van der Waals surface area (Å²) < 4.78 is 29.8. The predicted molar refractivity (Wildman–Crippen MR) is 93.7 cm³/mol. The third-order valence-corrected chi connectivity index (χ3v) is 6.04. The quantitative estimate of drug-likeness (QED) is 0.788. The zero-order valence-corrected chi connectivity index (χ0v) is 14.4. The number of benzene rings is 2. The molecule has 0 aliphatic carbocycles. The molecule has 0 unspecified atom stereocenters. The standard InChI is InChI=1S/C16H16N2O3S2/c1-3-11-5-4-6-12(9-11)17-23(20,21)13-7-8-14-15(10-13)22-16(19)18(14)2/h4-10,17H,3H2,1-2H3. The SMILES string of the molecule is CCc1cccc(NS(=O)(=O)c2ccc3c(c2)sc(=O)n3C)c1. The van der Waals surface area contributed by atoms with E-state index in [1.54, 1.807) is 19.2 Å². The predicted octanol–water partition coefficient (Wildman–Crippen LogP) is 2.96. The highest BCUT2D eigenvalue weighted by molar-refractivity contribution is 7.92. The summed E-state index contributed by atoms with van der Waals surface area (Å²) in [6.45, 7) is 2.01. The maximum atomic E-state index is 12.5. The number of aromatic nitrogens is 1. The van der Waals surface area contributed by atoms with Gasteiger partial charge in [-0.05, 0) is 42.3 Å². The van der Waals surface area contributed by atoms with Crippen LogP contribution in [0.25, 0.3) is 10.2 Å². The average Bonchev–Trinajstić information content (AvgIpc) is 2.81. The molecule has 0 saturated carbocycles. The maximum absolute atomic E-state index is 12.5. The van der Waals surface area contributed by atoms with Crippen LogP contribution in [0.15, 0.2) is 52.2 Å².